The number of nitrogens with zero attached hydrogens (tertiary/aromatic N) is 3. The molecule has 3 aliphatic rings. The number of benzene rings is 1. The number of fused-ring (bicyclic) bond motifs is 1. The molecule has 184 valence electrons. The van der Waals surface area contributed by atoms with Crippen LogP contribution in [0.15, 0.2) is 38.4 Å². The number of carbonyl (C=O) groups excluding carboxylic acids is 1. The van der Waals surface area contributed by atoms with Crippen LogP contribution < -0.4 is 5.32 Å². The zero-order valence-electron chi connectivity index (χ0n) is 19.4. The highest BCUT2D eigenvalue weighted by Gasteiger charge is 2.34. The Hall–Kier alpha value is -2.56. The number of carbonyl (C=O) groups is 1. The number of nitrogens with one attached hydrogen (secondary N) is 1. The molecule has 2 aromatic heterocycles. The maximum absolute atomic E-state index is 13.3. The number of thiophene rings is 1. The molecule has 0 spiro atoms. The van der Waals surface area contributed by atoms with Crippen molar-refractivity contribution in [1.82, 2.24) is 14.4 Å². The van der Waals surface area contributed by atoms with Crippen molar-refractivity contribution in [3.05, 3.63) is 46.7 Å². The highest BCUT2D eigenvalue weighted by atomic mass is 32.2. The van der Waals surface area contributed by atoms with Gasteiger partial charge in [-0.15, -0.1) is 11.3 Å². The Balaban J connectivity index is 1.09. The molecule has 8 nitrogen and oxygen atoms in total. The van der Waals surface area contributed by atoms with Crippen molar-refractivity contribution in [2.45, 2.75) is 61.5 Å². The average Bonchev–Trinajstić information content (AvgIpc) is 3.39. The zero-order chi connectivity index (χ0) is 24.0. The first kappa shape index (κ1) is 22.9. The molecule has 2 aliphatic carbocycles. The lowest BCUT2D eigenvalue weighted by atomic mass is 9.90. The lowest BCUT2D eigenvalue weighted by molar-refractivity contribution is -0.120. The van der Waals surface area contributed by atoms with Gasteiger partial charge in [0.15, 0.2) is 0 Å². The van der Waals surface area contributed by atoms with Crippen molar-refractivity contribution in [3.8, 4) is 11.4 Å². The van der Waals surface area contributed by atoms with Crippen molar-refractivity contribution in [1.29, 1.82) is 0 Å². The van der Waals surface area contributed by atoms with E-state index < -0.39 is 10.0 Å². The third kappa shape index (κ3) is 4.54. The molecule has 1 amide bonds. The number of piperidine rings is 1. The van der Waals surface area contributed by atoms with Crippen LogP contribution in [0, 0.1) is 5.92 Å². The molecule has 0 bridgehead atoms. The minimum Gasteiger partial charge on any atom is -0.339 e. The van der Waals surface area contributed by atoms with Gasteiger partial charge in [0, 0.05) is 41.6 Å². The summed E-state index contributed by atoms with van der Waals surface area (Å²) in [6, 6.07) is 7.76. The molecule has 0 radical (unpaired) electrons. The van der Waals surface area contributed by atoms with E-state index in [0.29, 0.717) is 49.1 Å². The summed E-state index contributed by atoms with van der Waals surface area (Å²) in [5.41, 5.74) is 4.16. The Morgan fingerprint density at radius 2 is 1.91 bits per heavy atom. The Labute approximate surface area is 208 Å². The van der Waals surface area contributed by atoms with E-state index in [4.69, 9.17) is 4.52 Å². The average molecular weight is 513 g/mol. The van der Waals surface area contributed by atoms with E-state index in [9.17, 15) is 13.2 Å². The molecule has 1 saturated heterocycles. The van der Waals surface area contributed by atoms with E-state index in [0.717, 1.165) is 37.8 Å². The topological polar surface area (TPSA) is 105 Å². The summed E-state index contributed by atoms with van der Waals surface area (Å²) in [5, 5.41) is 8.91. The summed E-state index contributed by atoms with van der Waals surface area (Å²) in [6.45, 7) is 0.656. The van der Waals surface area contributed by atoms with Crippen molar-refractivity contribution in [2.24, 2.45) is 5.92 Å². The zero-order valence-corrected chi connectivity index (χ0v) is 21.0. The summed E-state index contributed by atoms with van der Waals surface area (Å²) in [4.78, 5) is 17.4. The van der Waals surface area contributed by atoms with Gasteiger partial charge >= 0.3 is 0 Å². The first-order valence-corrected chi connectivity index (χ1v) is 14.7. The van der Waals surface area contributed by atoms with Crippen LogP contribution in [0.5, 0.6) is 0 Å². The van der Waals surface area contributed by atoms with Gasteiger partial charge < -0.3 is 9.84 Å². The third-order valence-corrected chi connectivity index (χ3v) is 10.6. The molecular weight excluding hydrogens is 484 g/mol. The Bertz CT molecular complexity index is 1350. The normalized spacial score (nSPS) is 19.4. The predicted molar refractivity (Wildman–Crippen MR) is 133 cm³/mol. The monoisotopic (exact) mass is 512 g/mol. The van der Waals surface area contributed by atoms with Crippen LogP contribution in [-0.2, 0) is 27.7 Å². The van der Waals surface area contributed by atoms with E-state index in [1.54, 1.807) is 11.4 Å². The summed E-state index contributed by atoms with van der Waals surface area (Å²) >= 11 is 1.17. The number of sulfonamides is 1. The van der Waals surface area contributed by atoms with Gasteiger partial charge in [0.25, 0.3) is 10.0 Å². The van der Waals surface area contributed by atoms with E-state index >= 15 is 0 Å². The molecule has 0 atom stereocenters. The van der Waals surface area contributed by atoms with Crippen LogP contribution in [-0.4, -0.2) is 41.9 Å². The van der Waals surface area contributed by atoms with E-state index in [1.165, 1.54) is 33.2 Å². The van der Waals surface area contributed by atoms with Crippen molar-refractivity contribution in [3.63, 3.8) is 0 Å². The molecule has 10 heteroatoms. The number of aryl methyl sites for hydroxylation is 1. The lowest BCUT2D eigenvalue weighted by Gasteiger charge is -2.30. The minimum atomic E-state index is -3.63. The first-order chi connectivity index (χ1) is 17.0. The van der Waals surface area contributed by atoms with Crippen molar-refractivity contribution >= 4 is 33.0 Å². The largest absolute Gasteiger partial charge is 0.339 e. The van der Waals surface area contributed by atoms with Gasteiger partial charge in [0.2, 0.25) is 17.6 Å². The van der Waals surface area contributed by atoms with Crippen LogP contribution >= 0.6 is 11.3 Å². The van der Waals surface area contributed by atoms with Gasteiger partial charge in [-0.3, -0.25) is 4.79 Å². The standard InChI is InChI=1S/C25H28N4O4S2/c30-24(26-21-7-3-5-16-4-1-2-6-20(16)21)17-10-12-29(13-11-17)35(31,32)22-14-19(15-34-22)23-27-25(33-28-23)18-8-9-18/h3,5,7,14-15,17-18H,1-2,4,6,8-13H2,(H,26,30). The van der Waals surface area contributed by atoms with Crippen LogP contribution in [0.3, 0.4) is 0 Å². The number of amides is 1. The van der Waals surface area contributed by atoms with Gasteiger partial charge in [-0.05, 0) is 74.6 Å². The SMILES string of the molecule is O=C(Nc1cccc2c1CCCC2)C1CCN(S(=O)(=O)c2cc(-c3noc(C4CC4)n3)cs2)CC1. The number of hydrogen-bond acceptors (Lipinski definition) is 7. The Morgan fingerprint density at radius 1 is 1.11 bits per heavy atom. The van der Waals surface area contributed by atoms with E-state index in [2.05, 4.69) is 21.5 Å². The van der Waals surface area contributed by atoms with E-state index in [-0.39, 0.29) is 16.0 Å². The molecule has 3 heterocycles. The number of aromatic nitrogens is 2. The smallest absolute Gasteiger partial charge is 0.252 e. The molecule has 6 rings (SSSR count). The summed E-state index contributed by atoms with van der Waals surface area (Å²) in [7, 11) is -3.63. The summed E-state index contributed by atoms with van der Waals surface area (Å²) in [6.07, 6.45) is 7.54. The highest BCUT2D eigenvalue weighted by molar-refractivity contribution is 7.91. The third-order valence-electron chi connectivity index (χ3n) is 7.27. The lowest BCUT2D eigenvalue weighted by Crippen LogP contribution is -2.41. The second-order valence-corrected chi connectivity index (χ2v) is 12.8. The number of rotatable bonds is 6. The molecule has 1 aliphatic heterocycles. The van der Waals surface area contributed by atoms with Gasteiger partial charge in [0.1, 0.15) is 4.21 Å². The fourth-order valence-electron chi connectivity index (χ4n) is 5.04. The minimum absolute atomic E-state index is 0.0111. The van der Waals surface area contributed by atoms with Gasteiger partial charge in [-0.25, -0.2) is 8.42 Å². The number of anilines is 1. The summed E-state index contributed by atoms with van der Waals surface area (Å²) < 4.78 is 33.6. The molecule has 35 heavy (non-hydrogen) atoms. The van der Waals surface area contributed by atoms with Crippen LogP contribution in [0.25, 0.3) is 11.4 Å². The fraction of sp³-hybridized carbons (Fsp3) is 0.480. The van der Waals surface area contributed by atoms with Crippen molar-refractivity contribution in [2.75, 3.05) is 18.4 Å². The second kappa shape index (κ2) is 9.15. The molecule has 1 saturated carbocycles. The maximum Gasteiger partial charge on any atom is 0.252 e. The Morgan fingerprint density at radius 3 is 2.71 bits per heavy atom. The predicted octanol–water partition coefficient (Wildman–Crippen LogP) is 4.59. The molecule has 3 aromatic rings. The highest BCUT2D eigenvalue weighted by Crippen LogP contribution is 2.40. The van der Waals surface area contributed by atoms with Crippen molar-refractivity contribution < 1.29 is 17.7 Å². The molecular formula is C25H28N4O4S2. The Kier molecular flexibility index (Phi) is 5.98. The molecule has 1 N–H and O–H groups in total. The van der Waals surface area contributed by atoms with Gasteiger partial charge in [0.05, 0.1) is 0 Å². The van der Waals surface area contributed by atoms with Crippen LogP contribution in [0.2, 0.25) is 0 Å². The molecule has 0 unspecified atom stereocenters. The van der Waals surface area contributed by atoms with Gasteiger partial charge in [-0.1, -0.05) is 17.3 Å². The number of hydrogen-bond donors (Lipinski definition) is 1. The fourth-order valence-corrected chi connectivity index (χ4v) is 7.82. The van der Waals surface area contributed by atoms with Crippen LogP contribution in [0.4, 0.5) is 5.69 Å². The first-order valence-electron chi connectivity index (χ1n) is 12.3. The van der Waals surface area contributed by atoms with Gasteiger partial charge in [-0.2, -0.15) is 9.29 Å². The van der Waals surface area contributed by atoms with E-state index in [1.807, 2.05) is 12.1 Å². The molecule has 1 aromatic carbocycles. The van der Waals surface area contributed by atoms with Crippen LogP contribution in [0.1, 0.15) is 61.5 Å². The molecule has 2 fully saturated rings. The second-order valence-electron chi connectivity index (χ2n) is 9.70. The summed E-state index contributed by atoms with van der Waals surface area (Å²) in [5.74, 6) is 1.21. The quantitative estimate of drug-likeness (QED) is 0.518. The maximum atomic E-state index is 13.3.